The average Bonchev–Trinajstić information content (AvgIpc) is 2.73. The van der Waals surface area contributed by atoms with Crippen LogP contribution in [0.3, 0.4) is 0 Å². The second-order valence-electron chi connectivity index (χ2n) is 5.95. The molecule has 1 heterocycles. The van der Waals surface area contributed by atoms with Crippen molar-refractivity contribution in [3.05, 3.63) is 28.7 Å². The Kier molecular flexibility index (Phi) is 5.78. The molecule has 8 nitrogen and oxygen atoms in total. The maximum atomic E-state index is 12.0. The Morgan fingerprint density at radius 2 is 1.96 bits per heavy atom. The third kappa shape index (κ3) is 4.79. The Bertz CT molecular complexity index is 719. The van der Waals surface area contributed by atoms with E-state index in [4.69, 9.17) is 4.74 Å². The van der Waals surface area contributed by atoms with Crippen LogP contribution in [0.2, 0.25) is 0 Å². The molecule has 0 aromatic heterocycles. The fourth-order valence-electron chi connectivity index (χ4n) is 2.19. The fraction of sp³-hybridized carbons (Fsp3) is 0.375. The predicted octanol–water partition coefficient (Wildman–Crippen LogP) is 1.65. The molecule has 0 bridgehead atoms. The minimum atomic E-state index is -0.982. The number of nitrogens with one attached hydrogen (secondary N) is 2. The minimum Gasteiger partial charge on any atom is -0.456 e. The molecule has 0 atom stereocenters. The highest BCUT2D eigenvalue weighted by molar-refractivity contribution is 9.10. The summed E-state index contributed by atoms with van der Waals surface area (Å²) in [5.41, 5.74) is -0.422. The number of carbonyl (C=O) groups excluding carboxylic acids is 4. The molecule has 2 N–H and O–H groups in total. The van der Waals surface area contributed by atoms with E-state index >= 15 is 0 Å². The lowest BCUT2D eigenvalue weighted by Gasteiger charge is -2.15. The molecule has 1 fully saturated rings. The molecule has 0 radical (unpaired) electrons. The number of halogens is 1. The van der Waals surface area contributed by atoms with E-state index in [9.17, 15) is 19.2 Å². The fourth-order valence-corrected chi connectivity index (χ4v) is 2.58. The molecule has 1 aliphatic rings. The van der Waals surface area contributed by atoms with Crippen molar-refractivity contribution in [1.29, 1.82) is 0 Å². The van der Waals surface area contributed by atoms with Gasteiger partial charge in [-0.15, -0.1) is 0 Å². The lowest BCUT2D eigenvalue weighted by atomic mass is 10.1. The van der Waals surface area contributed by atoms with Crippen molar-refractivity contribution < 1.29 is 23.9 Å². The molecule has 4 amide bonds. The first-order chi connectivity index (χ1) is 11.7. The highest BCUT2D eigenvalue weighted by Crippen LogP contribution is 2.21. The zero-order valence-corrected chi connectivity index (χ0v) is 15.4. The molecule has 1 aromatic carbocycles. The monoisotopic (exact) mass is 411 g/mol. The van der Waals surface area contributed by atoms with Crippen molar-refractivity contribution >= 4 is 45.4 Å². The SMILES string of the molecule is CC1(C)NC(=O)N(CCC(=O)OCC(=O)Nc2ccccc2Br)C1=O. The van der Waals surface area contributed by atoms with Crippen LogP contribution in [0.1, 0.15) is 20.3 Å². The van der Waals surface area contributed by atoms with E-state index in [1.807, 2.05) is 0 Å². The Morgan fingerprint density at radius 3 is 2.56 bits per heavy atom. The number of benzene rings is 1. The Labute approximate surface area is 153 Å². The molecule has 2 rings (SSSR count). The molecule has 0 saturated carbocycles. The summed E-state index contributed by atoms with van der Waals surface area (Å²) in [5.74, 6) is -1.57. The van der Waals surface area contributed by atoms with Gasteiger partial charge in [-0.05, 0) is 41.9 Å². The Hall–Kier alpha value is -2.42. The number of rotatable bonds is 6. The molecule has 0 spiro atoms. The highest BCUT2D eigenvalue weighted by Gasteiger charge is 2.44. The van der Waals surface area contributed by atoms with E-state index in [1.54, 1.807) is 38.1 Å². The number of esters is 1. The normalized spacial score (nSPS) is 15.7. The summed E-state index contributed by atoms with van der Waals surface area (Å²) in [7, 11) is 0. The van der Waals surface area contributed by atoms with Gasteiger partial charge in [0, 0.05) is 11.0 Å². The smallest absolute Gasteiger partial charge is 0.325 e. The van der Waals surface area contributed by atoms with Gasteiger partial charge in [-0.25, -0.2) is 4.79 Å². The van der Waals surface area contributed by atoms with Crippen LogP contribution in [0.5, 0.6) is 0 Å². The maximum absolute atomic E-state index is 12.0. The molecule has 9 heteroatoms. The third-order valence-electron chi connectivity index (χ3n) is 3.50. The van der Waals surface area contributed by atoms with Crippen LogP contribution >= 0.6 is 15.9 Å². The number of urea groups is 1. The van der Waals surface area contributed by atoms with Crippen molar-refractivity contribution in [3.63, 3.8) is 0 Å². The second kappa shape index (κ2) is 7.64. The van der Waals surface area contributed by atoms with Crippen LogP contribution in [0.25, 0.3) is 0 Å². The van der Waals surface area contributed by atoms with Crippen LogP contribution in [0, 0.1) is 0 Å². The van der Waals surface area contributed by atoms with Gasteiger partial charge in [0.05, 0.1) is 12.1 Å². The minimum absolute atomic E-state index is 0.0984. The lowest BCUT2D eigenvalue weighted by Crippen LogP contribution is -2.40. The van der Waals surface area contributed by atoms with Gasteiger partial charge in [0.1, 0.15) is 5.54 Å². The summed E-state index contributed by atoms with van der Waals surface area (Å²) in [6.45, 7) is 2.61. The number of imide groups is 1. The van der Waals surface area contributed by atoms with Gasteiger partial charge in [-0.3, -0.25) is 19.3 Å². The molecule has 0 unspecified atom stereocenters. The van der Waals surface area contributed by atoms with Crippen molar-refractivity contribution in [3.8, 4) is 0 Å². The van der Waals surface area contributed by atoms with E-state index in [0.29, 0.717) is 10.2 Å². The quantitative estimate of drug-likeness (QED) is 0.546. The number of amides is 4. The summed E-state index contributed by atoms with van der Waals surface area (Å²) in [4.78, 5) is 48.1. The van der Waals surface area contributed by atoms with Gasteiger partial charge < -0.3 is 15.4 Å². The van der Waals surface area contributed by atoms with Crippen molar-refractivity contribution in [1.82, 2.24) is 10.2 Å². The first kappa shape index (κ1) is 18.9. The van der Waals surface area contributed by atoms with E-state index < -0.39 is 36.0 Å². The summed E-state index contributed by atoms with van der Waals surface area (Å²) < 4.78 is 5.57. The number of para-hydroxylation sites is 1. The van der Waals surface area contributed by atoms with Crippen LogP contribution in [0.4, 0.5) is 10.5 Å². The summed E-state index contributed by atoms with van der Waals surface area (Å²) in [5, 5.41) is 5.11. The number of nitrogens with zero attached hydrogens (tertiary/aromatic N) is 1. The summed E-state index contributed by atoms with van der Waals surface area (Å²) in [6, 6.07) is 6.47. The standard InChI is InChI=1S/C16H18BrN3O5/c1-16(2)14(23)20(15(24)19-16)8-7-13(22)25-9-12(21)18-11-6-4-3-5-10(11)17/h3-6H,7-9H2,1-2H3,(H,18,21)(H,19,24). The number of hydrogen-bond acceptors (Lipinski definition) is 5. The van der Waals surface area contributed by atoms with Gasteiger partial charge in [-0.1, -0.05) is 12.1 Å². The third-order valence-corrected chi connectivity index (χ3v) is 4.19. The topological polar surface area (TPSA) is 105 Å². The number of anilines is 1. The second-order valence-corrected chi connectivity index (χ2v) is 6.80. The molecule has 1 aliphatic heterocycles. The van der Waals surface area contributed by atoms with Crippen LogP contribution in [-0.2, 0) is 19.1 Å². The zero-order valence-electron chi connectivity index (χ0n) is 13.8. The van der Waals surface area contributed by atoms with Crippen LogP contribution in [0.15, 0.2) is 28.7 Å². The average molecular weight is 412 g/mol. The molecule has 25 heavy (non-hydrogen) atoms. The largest absolute Gasteiger partial charge is 0.456 e. The first-order valence-corrected chi connectivity index (χ1v) is 8.34. The van der Waals surface area contributed by atoms with Crippen LogP contribution < -0.4 is 10.6 Å². The van der Waals surface area contributed by atoms with Gasteiger partial charge >= 0.3 is 12.0 Å². The lowest BCUT2D eigenvalue weighted by molar-refractivity contribution is -0.147. The highest BCUT2D eigenvalue weighted by atomic mass is 79.9. The molecule has 1 aromatic rings. The zero-order chi connectivity index (χ0) is 18.6. The van der Waals surface area contributed by atoms with E-state index in [2.05, 4.69) is 26.6 Å². The Morgan fingerprint density at radius 1 is 1.28 bits per heavy atom. The van der Waals surface area contributed by atoms with Gasteiger partial charge in [0.2, 0.25) is 0 Å². The summed E-state index contributed by atoms with van der Waals surface area (Å²) in [6.07, 6.45) is -0.183. The van der Waals surface area contributed by atoms with Gasteiger partial charge in [0.25, 0.3) is 11.8 Å². The molecule has 1 saturated heterocycles. The molecular formula is C16H18BrN3O5. The number of hydrogen-bond donors (Lipinski definition) is 2. The van der Waals surface area contributed by atoms with E-state index in [1.165, 1.54) is 0 Å². The van der Waals surface area contributed by atoms with E-state index in [-0.39, 0.29) is 13.0 Å². The number of carbonyl (C=O) groups is 4. The van der Waals surface area contributed by atoms with Crippen molar-refractivity contribution in [2.75, 3.05) is 18.5 Å². The van der Waals surface area contributed by atoms with E-state index in [0.717, 1.165) is 4.90 Å². The molecular weight excluding hydrogens is 394 g/mol. The van der Waals surface area contributed by atoms with Gasteiger partial charge in [0.15, 0.2) is 6.61 Å². The molecule has 134 valence electrons. The van der Waals surface area contributed by atoms with Crippen molar-refractivity contribution in [2.24, 2.45) is 0 Å². The molecule has 0 aliphatic carbocycles. The van der Waals surface area contributed by atoms with Gasteiger partial charge in [-0.2, -0.15) is 0 Å². The predicted molar refractivity (Wildman–Crippen MR) is 92.7 cm³/mol. The van der Waals surface area contributed by atoms with Crippen molar-refractivity contribution in [2.45, 2.75) is 25.8 Å². The van der Waals surface area contributed by atoms with Crippen LogP contribution in [-0.4, -0.2) is 47.4 Å². The first-order valence-electron chi connectivity index (χ1n) is 7.55. The summed E-state index contributed by atoms with van der Waals surface area (Å²) >= 11 is 3.29. The maximum Gasteiger partial charge on any atom is 0.325 e. The Balaban J connectivity index is 1.76. The number of ether oxygens (including phenoxy) is 1.